The number of benzene rings is 1. The first-order chi connectivity index (χ1) is 10.1. The van der Waals surface area contributed by atoms with Gasteiger partial charge in [0.05, 0.1) is 24.8 Å². The summed E-state index contributed by atoms with van der Waals surface area (Å²) >= 11 is 5.93. The highest BCUT2D eigenvalue weighted by atomic mass is 35.5. The zero-order valence-electron chi connectivity index (χ0n) is 11.2. The van der Waals surface area contributed by atoms with Crippen molar-refractivity contribution >= 4 is 17.4 Å². The van der Waals surface area contributed by atoms with Crippen LogP contribution in [0.15, 0.2) is 18.2 Å². The molecule has 1 atom stereocenters. The standard InChI is InChI=1S/C14H12ClF2N3O/c1-18-13-9-6-21-5-8(12(9)19-14(15)20-13)7-2-3-10(16)11(17)4-7/h2-4,8H,5-6H2,1H3,(H,18,19,20). The van der Waals surface area contributed by atoms with Crippen LogP contribution in [0.5, 0.6) is 0 Å². The van der Waals surface area contributed by atoms with Crippen molar-refractivity contribution in [2.24, 2.45) is 0 Å². The Morgan fingerprint density at radius 1 is 1.29 bits per heavy atom. The molecule has 0 aliphatic carbocycles. The molecule has 2 aromatic rings. The third-order valence-corrected chi connectivity index (χ3v) is 3.62. The van der Waals surface area contributed by atoms with E-state index >= 15 is 0 Å². The van der Waals surface area contributed by atoms with E-state index in [0.29, 0.717) is 30.3 Å². The summed E-state index contributed by atoms with van der Waals surface area (Å²) in [7, 11) is 1.72. The minimum atomic E-state index is -0.895. The Morgan fingerprint density at radius 2 is 2.10 bits per heavy atom. The molecule has 1 aromatic heterocycles. The SMILES string of the molecule is CNc1nc(Cl)nc2c1COCC2c1ccc(F)c(F)c1. The van der Waals surface area contributed by atoms with Crippen LogP contribution in [0.2, 0.25) is 5.28 Å². The molecule has 0 fully saturated rings. The Morgan fingerprint density at radius 3 is 2.81 bits per heavy atom. The summed E-state index contributed by atoms with van der Waals surface area (Å²) < 4.78 is 32.1. The lowest BCUT2D eigenvalue weighted by atomic mass is 9.91. The van der Waals surface area contributed by atoms with E-state index in [9.17, 15) is 8.78 Å². The Labute approximate surface area is 125 Å². The fourth-order valence-corrected chi connectivity index (χ4v) is 2.63. The normalized spacial score (nSPS) is 17.4. The number of anilines is 1. The third kappa shape index (κ3) is 2.56. The molecule has 2 heterocycles. The summed E-state index contributed by atoms with van der Waals surface area (Å²) in [5.74, 6) is -1.50. The van der Waals surface area contributed by atoms with Gasteiger partial charge in [0.15, 0.2) is 11.6 Å². The van der Waals surface area contributed by atoms with Gasteiger partial charge in [-0.15, -0.1) is 0 Å². The first kappa shape index (κ1) is 14.2. The van der Waals surface area contributed by atoms with Gasteiger partial charge in [-0.05, 0) is 29.3 Å². The fourth-order valence-electron chi connectivity index (χ4n) is 2.45. The Kier molecular flexibility index (Phi) is 3.73. The maximum Gasteiger partial charge on any atom is 0.224 e. The minimum Gasteiger partial charge on any atom is -0.376 e. The van der Waals surface area contributed by atoms with Crippen LogP contribution in [0.4, 0.5) is 14.6 Å². The Bertz CT molecular complexity index is 696. The number of ether oxygens (including phenoxy) is 1. The second-order valence-corrected chi connectivity index (χ2v) is 5.03. The van der Waals surface area contributed by atoms with Crippen molar-refractivity contribution in [1.82, 2.24) is 9.97 Å². The number of aromatic nitrogens is 2. The quantitative estimate of drug-likeness (QED) is 0.866. The molecule has 1 N–H and O–H groups in total. The first-order valence-corrected chi connectivity index (χ1v) is 6.74. The Balaban J connectivity index is 2.11. The second kappa shape index (κ2) is 5.54. The summed E-state index contributed by atoms with van der Waals surface area (Å²) in [5, 5.41) is 3.04. The molecule has 4 nitrogen and oxygen atoms in total. The van der Waals surface area contributed by atoms with Gasteiger partial charge in [-0.3, -0.25) is 0 Å². The molecule has 3 rings (SSSR count). The van der Waals surface area contributed by atoms with Gasteiger partial charge in [0.2, 0.25) is 5.28 Å². The highest BCUT2D eigenvalue weighted by Crippen LogP contribution is 2.34. The molecule has 0 radical (unpaired) electrons. The minimum absolute atomic E-state index is 0.104. The summed E-state index contributed by atoms with van der Waals surface area (Å²) in [4.78, 5) is 8.34. The molecule has 7 heteroatoms. The molecule has 1 unspecified atom stereocenters. The second-order valence-electron chi connectivity index (χ2n) is 4.70. The topological polar surface area (TPSA) is 47.0 Å². The average Bonchev–Trinajstić information content (AvgIpc) is 2.48. The number of nitrogens with one attached hydrogen (secondary N) is 1. The number of rotatable bonds is 2. The average molecular weight is 312 g/mol. The van der Waals surface area contributed by atoms with E-state index in [2.05, 4.69) is 15.3 Å². The molecular formula is C14H12ClF2N3O. The summed E-state index contributed by atoms with van der Waals surface area (Å²) in [6.45, 7) is 0.678. The van der Waals surface area contributed by atoms with Crippen molar-refractivity contribution in [3.8, 4) is 0 Å². The molecular weight excluding hydrogens is 300 g/mol. The highest BCUT2D eigenvalue weighted by Gasteiger charge is 2.28. The predicted octanol–water partition coefficient (Wildman–Crippen LogP) is 3.11. The van der Waals surface area contributed by atoms with E-state index in [1.807, 2.05) is 0 Å². The van der Waals surface area contributed by atoms with E-state index in [1.165, 1.54) is 6.07 Å². The largest absolute Gasteiger partial charge is 0.376 e. The fraction of sp³-hybridized carbons (Fsp3) is 0.286. The molecule has 0 spiro atoms. The van der Waals surface area contributed by atoms with Crippen LogP contribution in [-0.2, 0) is 11.3 Å². The maximum absolute atomic E-state index is 13.4. The van der Waals surface area contributed by atoms with Crippen LogP contribution in [0.25, 0.3) is 0 Å². The smallest absolute Gasteiger partial charge is 0.224 e. The van der Waals surface area contributed by atoms with E-state index in [1.54, 1.807) is 7.05 Å². The van der Waals surface area contributed by atoms with Gasteiger partial charge in [0.1, 0.15) is 5.82 Å². The monoisotopic (exact) mass is 311 g/mol. The zero-order chi connectivity index (χ0) is 15.0. The lowest BCUT2D eigenvalue weighted by Crippen LogP contribution is -2.22. The van der Waals surface area contributed by atoms with E-state index in [-0.39, 0.29) is 11.2 Å². The number of fused-ring (bicyclic) bond motifs is 1. The first-order valence-electron chi connectivity index (χ1n) is 6.37. The molecule has 0 amide bonds. The van der Waals surface area contributed by atoms with Crippen LogP contribution in [-0.4, -0.2) is 23.6 Å². The van der Waals surface area contributed by atoms with Crippen molar-refractivity contribution in [2.75, 3.05) is 19.0 Å². The molecule has 0 saturated carbocycles. The predicted molar refractivity (Wildman–Crippen MR) is 74.4 cm³/mol. The molecule has 1 aliphatic rings. The van der Waals surface area contributed by atoms with Gasteiger partial charge in [0.25, 0.3) is 0 Å². The van der Waals surface area contributed by atoms with Crippen molar-refractivity contribution in [1.29, 1.82) is 0 Å². The van der Waals surface area contributed by atoms with Crippen molar-refractivity contribution in [3.05, 3.63) is 51.9 Å². The highest BCUT2D eigenvalue weighted by molar-refractivity contribution is 6.28. The number of nitrogens with zero attached hydrogens (tertiary/aromatic N) is 2. The summed E-state index contributed by atoms with van der Waals surface area (Å²) in [5.41, 5.74) is 2.05. The molecule has 0 bridgehead atoms. The Hall–Kier alpha value is -1.79. The van der Waals surface area contributed by atoms with Gasteiger partial charge in [-0.2, -0.15) is 0 Å². The van der Waals surface area contributed by atoms with Crippen LogP contribution in [0.1, 0.15) is 22.7 Å². The van der Waals surface area contributed by atoms with E-state index < -0.39 is 11.6 Å². The van der Waals surface area contributed by atoms with Crippen LogP contribution < -0.4 is 5.32 Å². The molecule has 110 valence electrons. The van der Waals surface area contributed by atoms with Crippen molar-refractivity contribution in [3.63, 3.8) is 0 Å². The van der Waals surface area contributed by atoms with Gasteiger partial charge < -0.3 is 10.1 Å². The molecule has 21 heavy (non-hydrogen) atoms. The molecule has 1 aromatic carbocycles. The van der Waals surface area contributed by atoms with Crippen molar-refractivity contribution < 1.29 is 13.5 Å². The summed E-state index contributed by atoms with van der Waals surface area (Å²) in [6, 6.07) is 3.78. The van der Waals surface area contributed by atoms with E-state index in [0.717, 1.165) is 17.7 Å². The van der Waals surface area contributed by atoms with Crippen LogP contribution in [0.3, 0.4) is 0 Å². The van der Waals surface area contributed by atoms with Gasteiger partial charge in [-0.25, -0.2) is 18.7 Å². The van der Waals surface area contributed by atoms with Crippen LogP contribution >= 0.6 is 11.6 Å². The van der Waals surface area contributed by atoms with Gasteiger partial charge >= 0.3 is 0 Å². The zero-order valence-corrected chi connectivity index (χ0v) is 11.9. The van der Waals surface area contributed by atoms with Gasteiger partial charge in [-0.1, -0.05) is 6.07 Å². The van der Waals surface area contributed by atoms with Crippen molar-refractivity contribution in [2.45, 2.75) is 12.5 Å². The molecule has 1 aliphatic heterocycles. The van der Waals surface area contributed by atoms with Crippen LogP contribution in [0, 0.1) is 11.6 Å². The van der Waals surface area contributed by atoms with Gasteiger partial charge in [0, 0.05) is 12.6 Å². The summed E-state index contributed by atoms with van der Waals surface area (Å²) in [6.07, 6.45) is 0. The number of halogens is 3. The lowest BCUT2D eigenvalue weighted by molar-refractivity contribution is 0.0977. The third-order valence-electron chi connectivity index (χ3n) is 3.46. The lowest BCUT2D eigenvalue weighted by Gasteiger charge is -2.26. The number of hydrogen-bond acceptors (Lipinski definition) is 4. The maximum atomic E-state index is 13.4. The molecule has 0 saturated heterocycles. The van der Waals surface area contributed by atoms with E-state index in [4.69, 9.17) is 16.3 Å². The number of hydrogen-bond donors (Lipinski definition) is 1.